The first-order valence-electron chi connectivity index (χ1n) is 11.6. The van der Waals surface area contributed by atoms with Crippen molar-refractivity contribution in [2.24, 2.45) is 17.8 Å². The molecular formula is C25H28Cl2N4O3. The number of H-pyrrole nitrogens is 1. The molecule has 2 aromatic rings. The van der Waals surface area contributed by atoms with Crippen molar-refractivity contribution in [1.29, 1.82) is 5.26 Å². The Labute approximate surface area is 208 Å². The number of nitriles is 1. The van der Waals surface area contributed by atoms with Gasteiger partial charge in [0.1, 0.15) is 6.04 Å². The van der Waals surface area contributed by atoms with E-state index < -0.39 is 12.0 Å². The van der Waals surface area contributed by atoms with Crippen LogP contribution in [0.15, 0.2) is 18.2 Å². The number of ketones is 1. The number of nitrogens with one attached hydrogen (secondary N) is 3. The molecule has 1 saturated carbocycles. The summed E-state index contributed by atoms with van der Waals surface area (Å²) in [4.78, 5) is 41.5. The van der Waals surface area contributed by atoms with Crippen molar-refractivity contribution in [2.75, 3.05) is 0 Å². The summed E-state index contributed by atoms with van der Waals surface area (Å²) in [7, 11) is 0. The number of hydrogen-bond donors (Lipinski definition) is 3. The van der Waals surface area contributed by atoms with Gasteiger partial charge >= 0.3 is 0 Å². The zero-order valence-electron chi connectivity index (χ0n) is 19.2. The Bertz CT molecular complexity index is 1180. The maximum absolute atomic E-state index is 13.1. The molecule has 2 amide bonds. The molecular weight excluding hydrogens is 475 g/mol. The standard InChI is InChI=1S/C25H28Cl2N4O3/c1-25(2)11-15(24(34)31-25)6-17(12-28)29-23(33)14(5-13-3-4-13)7-22(32)21-10-18-19(27)8-16(26)9-20(18)30-21/h8-10,13-15,17,30H,3-7,11H2,1-2H3,(H,29,33)(H,31,34). The lowest BCUT2D eigenvalue weighted by atomic mass is 9.90. The number of carbonyl (C=O) groups is 3. The molecule has 7 nitrogen and oxygen atoms in total. The number of hydrogen-bond acceptors (Lipinski definition) is 4. The minimum Gasteiger partial charge on any atom is -0.352 e. The number of carbonyl (C=O) groups excluding carboxylic acids is 3. The van der Waals surface area contributed by atoms with Crippen LogP contribution in [0.5, 0.6) is 0 Å². The van der Waals surface area contributed by atoms with E-state index in [1.165, 1.54) is 0 Å². The van der Waals surface area contributed by atoms with Crippen LogP contribution >= 0.6 is 23.2 Å². The van der Waals surface area contributed by atoms with E-state index in [2.05, 4.69) is 21.7 Å². The lowest BCUT2D eigenvalue weighted by Crippen LogP contribution is -2.40. The summed E-state index contributed by atoms with van der Waals surface area (Å²) in [6, 6.07) is 6.32. The molecule has 3 N–H and O–H groups in total. The third-order valence-corrected chi connectivity index (χ3v) is 7.18. The van der Waals surface area contributed by atoms with E-state index in [9.17, 15) is 19.6 Å². The van der Waals surface area contributed by atoms with E-state index in [4.69, 9.17) is 23.2 Å². The highest BCUT2D eigenvalue weighted by Gasteiger charge is 2.39. The van der Waals surface area contributed by atoms with Crippen LogP contribution in [0.4, 0.5) is 0 Å². The van der Waals surface area contributed by atoms with Gasteiger partial charge in [-0.15, -0.1) is 0 Å². The summed E-state index contributed by atoms with van der Waals surface area (Å²) in [6.07, 6.45) is 3.56. The molecule has 1 saturated heterocycles. The fourth-order valence-electron chi connectivity index (χ4n) is 4.79. The molecule has 2 heterocycles. The maximum Gasteiger partial charge on any atom is 0.224 e. The van der Waals surface area contributed by atoms with Crippen LogP contribution in [0, 0.1) is 29.1 Å². The van der Waals surface area contributed by atoms with E-state index >= 15 is 0 Å². The highest BCUT2D eigenvalue weighted by atomic mass is 35.5. The molecule has 0 radical (unpaired) electrons. The number of nitrogens with zero attached hydrogens (tertiary/aromatic N) is 1. The van der Waals surface area contributed by atoms with Gasteiger partial charge in [-0.1, -0.05) is 36.0 Å². The Balaban J connectivity index is 1.44. The van der Waals surface area contributed by atoms with Gasteiger partial charge in [0, 0.05) is 39.7 Å². The van der Waals surface area contributed by atoms with E-state index in [-0.39, 0.29) is 41.9 Å². The van der Waals surface area contributed by atoms with E-state index in [0.717, 1.165) is 12.8 Å². The summed E-state index contributed by atoms with van der Waals surface area (Å²) in [5.41, 5.74) is 0.708. The van der Waals surface area contributed by atoms with E-state index in [0.29, 0.717) is 45.4 Å². The van der Waals surface area contributed by atoms with E-state index in [1.54, 1.807) is 18.2 Å². The van der Waals surface area contributed by atoms with Gasteiger partial charge in [0.25, 0.3) is 0 Å². The molecule has 2 fully saturated rings. The van der Waals surface area contributed by atoms with Gasteiger partial charge in [-0.3, -0.25) is 14.4 Å². The van der Waals surface area contributed by atoms with Crippen molar-refractivity contribution in [3.63, 3.8) is 0 Å². The molecule has 0 bridgehead atoms. The summed E-state index contributed by atoms with van der Waals surface area (Å²) in [6.45, 7) is 3.88. The number of rotatable bonds is 9. The van der Waals surface area contributed by atoms with E-state index in [1.807, 2.05) is 13.8 Å². The number of Topliss-reactive ketones (excluding diaryl/α,β-unsaturated/α-hetero) is 1. The third kappa shape index (κ3) is 5.73. The average molecular weight is 503 g/mol. The molecule has 0 spiro atoms. The largest absolute Gasteiger partial charge is 0.352 e. The molecule has 34 heavy (non-hydrogen) atoms. The van der Waals surface area contributed by atoms with Gasteiger partial charge in [-0.2, -0.15) is 5.26 Å². The molecule has 9 heteroatoms. The first kappa shape index (κ1) is 24.6. The first-order chi connectivity index (χ1) is 16.0. The Kier molecular flexibility index (Phi) is 6.93. The van der Waals surface area contributed by atoms with Gasteiger partial charge in [0.2, 0.25) is 11.8 Å². The van der Waals surface area contributed by atoms with Crippen molar-refractivity contribution in [3.8, 4) is 6.07 Å². The second-order valence-corrected chi connectivity index (χ2v) is 11.1. The molecule has 3 unspecified atom stereocenters. The highest BCUT2D eigenvalue weighted by Crippen LogP contribution is 2.37. The molecule has 4 rings (SSSR count). The second kappa shape index (κ2) is 9.59. The quantitative estimate of drug-likeness (QED) is 0.428. The fourth-order valence-corrected chi connectivity index (χ4v) is 5.33. The van der Waals surface area contributed by atoms with Gasteiger partial charge in [0.05, 0.1) is 16.8 Å². The smallest absolute Gasteiger partial charge is 0.224 e. The monoisotopic (exact) mass is 502 g/mol. The number of fused-ring (bicyclic) bond motifs is 1. The molecule has 1 aromatic carbocycles. The Morgan fingerprint density at radius 3 is 2.59 bits per heavy atom. The number of benzene rings is 1. The summed E-state index contributed by atoms with van der Waals surface area (Å²) < 4.78 is 0. The lowest BCUT2D eigenvalue weighted by molar-refractivity contribution is -0.127. The molecule has 3 atom stereocenters. The number of amides is 2. The molecule has 1 aliphatic heterocycles. The number of aromatic nitrogens is 1. The Hall–Kier alpha value is -2.56. The van der Waals surface area contributed by atoms with Crippen LogP contribution in [-0.4, -0.2) is 34.2 Å². The topological polar surface area (TPSA) is 115 Å². The van der Waals surface area contributed by atoms with Crippen LogP contribution in [0.25, 0.3) is 10.9 Å². The second-order valence-electron chi connectivity index (χ2n) is 10.2. The number of aromatic amines is 1. The summed E-state index contributed by atoms with van der Waals surface area (Å²) in [5.74, 6) is -1.07. The van der Waals surface area contributed by atoms with Crippen LogP contribution in [-0.2, 0) is 9.59 Å². The van der Waals surface area contributed by atoms with Crippen LogP contribution < -0.4 is 10.6 Å². The molecule has 2 aliphatic rings. The normalized spacial score (nSPS) is 21.0. The lowest BCUT2D eigenvalue weighted by Gasteiger charge is -2.20. The van der Waals surface area contributed by atoms with Crippen LogP contribution in [0.3, 0.4) is 0 Å². The summed E-state index contributed by atoms with van der Waals surface area (Å²) in [5, 5.41) is 16.9. The van der Waals surface area contributed by atoms with Gasteiger partial charge in [-0.25, -0.2) is 0 Å². The van der Waals surface area contributed by atoms with Crippen molar-refractivity contribution in [1.82, 2.24) is 15.6 Å². The maximum atomic E-state index is 13.1. The predicted molar refractivity (Wildman–Crippen MR) is 131 cm³/mol. The van der Waals surface area contributed by atoms with Gasteiger partial charge < -0.3 is 15.6 Å². The fraction of sp³-hybridized carbons (Fsp3) is 0.520. The third-order valence-electron chi connectivity index (χ3n) is 6.65. The van der Waals surface area contributed by atoms with Gasteiger partial charge in [-0.05, 0) is 57.2 Å². The minimum absolute atomic E-state index is 0.0234. The minimum atomic E-state index is -0.789. The van der Waals surface area contributed by atoms with Crippen molar-refractivity contribution >= 4 is 51.7 Å². The summed E-state index contributed by atoms with van der Waals surface area (Å²) >= 11 is 12.3. The first-order valence-corrected chi connectivity index (χ1v) is 12.3. The van der Waals surface area contributed by atoms with Gasteiger partial charge in [0.15, 0.2) is 5.78 Å². The Morgan fingerprint density at radius 2 is 1.97 bits per heavy atom. The average Bonchev–Trinajstić information content (AvgIpc) is 3.39. The predicted octanol–water partition coefficient (Wildman–Crippen LogP) is 4.78. The van der Waals surface area contributed by atoms with Crippen molar-refractivity contribution < 1.29 is 14.4 Å². The van der Waals surface area contributed by atoms with Crippen LogP contribution in [0.1, 0.15) is 62.9 Å². The van der Waals surface area contributed by atoms with Crippen molar-refractivity contribution in [3.05, 3.63) is 33.9 Å². The SMILES string of the molecule is CC1(C)CC(CC(C#N)NC(=O)C(CC(=O)c2cc3c(Cl)cc(Cl)cc3[nH]2)CC2CC2)C(=O)N1. The Morgan fingerprint density at radius 1 is 1.24 bits per heavy atom. The molecule has 1 aliphatic carbocycles. The zero-order valence-corrected chi connectivity index (χ0v) is 20.7. The highest BCUT2D eigenvalue weighted by molar-refractivity contribution is 6.38. The number of halogens is 2. The molecule has 1 aromatic heterocycles. The zero-order chi connectivity index (χ0) is 24.6. The molecule has 180 valence electrons. The van der Waals surface area contributed by atoms with Crippen molar-refractivity contribution in [2.45, 2.75) is 64.0 Å². The van der Waals surface area contributed by atoms with Crippen LogP contribution in [0.2, 0.25) is 10.0 Å².